The number of rotatable bonds is 6. The Morgan fingerprint density at radius 2 is 2.26 bits per heavy atom. The van der Waals surface area contributed by atoms with Crippen LogP contribution in [-0.4, -0.2) is 30.8 Å². The van der Waals surface area contributed by atoms with Crippen molar-refractivity contribution in [2.24, 2.45) is 11.8 Å². The molecule has 0 aliphatic rings. The van der Waals surface area contributed by atoms with Crippen LogP contribution in [0, 0.1) is 17.2 Å². The van der Waals surface area contributed by atoms with E-state index in [1.807, 2.05) is 6.07 Å². The Morgan fingerprint density at radius 3 is 2.68 bits per heavy atom. The summed E-state index contributed by atoms with van der Waals surface area (Å²) in [6.45, 7) is 3.86. The number of aromatic nitrogens is 1. The molecule has 0 saturated heterocycles. The van der Waals surface area contributed by atoms with Crippen molar-refractivity contribution in [3.8, 4) is 6.07 Å². The summed E-state index contributed by atoms with van der Waals surface area (Å²) in [6.07, 6.45) is 1.24. The molecule has 0 fully saturated rings. The first-order valence-corrected chi connectivity index (χ1v) is 7.22. The average molecular weight is 283 g/mol. The lowest BCUT2D eigenvalue weighted by Crippen LogP contribution is -2.34. The number of hydrogen-bond acceptors (Lipinski definition) is 6. The molecule has 1 atom stereocenters. The summed E-state index contributed by atoms with van der Waals surface area (Å²) in [4.78, 5) is 3.95. The Bertz CT molecular complexity index is 549. The minimum Gasteiger partial charge on any atom is -0.308 e. The van der Waals surface area contributed by atoms with Crippen LogP contribution in [0.25, 0.3) is 0 Å². The van der Waals surface area contributed by atoms with Crippen LogP contribution in [-0.2, 0) is 10.0 Å². The lowest BCUT2D eigenvalue weighted by molar-refractivity contribution is 0.399. The Morgan fingerprint density at radius 1 is 1.58 bits per heavy atom. The van der Waals surface area contributed by atoms with E-state index in [1.165, 1.54) is 22.6 Å². The number of nitrogens with one attached hydrogen (secondary N) is 1. The van der Waals surface area contributed by atoms with Crippen LogP contribution in [0.5, 0.6) is 0 Å². The summed E-state index contributed by atoms with van der Waals surface area (Å²) >= 11 is 0. The second kappa shape index (κ2) is 6.47. The Balaban J connectivity index is 3.03. The molecule has 104 valence electrons. The van der Waals surface area contributed by atoms with Crippen molar-refractivity contribution in [1.82, 2.24) is 9.29 Å². The molecular weight excluding hydrogens is 266 g/mol. The molecule has 0 aliphatic heterocycles. The molecule has 1 aromatic rings. The number of sulfonamides is 1. The highest BCUT2D eigenvalue weighted by atomic mass is 32.2. The number of hydrogen-bond donors (Lipinski definition) is 2. The van der Waals surface area contributed by atoms with Gasteiger partial charge in [0.2, 0.25) is 10.0 Å². The second-order valence-corrected chi connectivity index (χ2v) is 5.95. The standard InChI is InChI=1S/C11H17N5O2S/c1-3-16(8-9(2)6-12)19(17,18)10-4-5-11(15-13)14-7-10/h4-5,7,9H,3,8,13H2,1-2H3,(H,14,15). The SMILES string of the molecule is CCN(CC(C)C#N)S(=O)(=O)c1ccc(NN)nc1. The Labute approximate surface area is 113 Å². The minimum atomic E-state index is -3.63. The fraction of sp³-hybridized carbons (Fsp3) is 0.455. The van der Waals surface area contributed by atoms with Crippen molar-refractivity contribution < 1.29 is 8.42 Å². The van der Waals surface area contributed by atoms with Gasteiger partial charge in [-0.1, -0.05) is 6.92 Å². The highest BCUT2D eigenvalue weighted by Crippen LogP contribution is 2.17. The smallest absolute Gasteiger partial charge is 0.244 e. The van der Waals surface area contributed by atoms with Crippen LogP contribution in [0.3, 0.4) is 0 Å². The van der Waals surface area contributed by atoms with E-state index in [1.54, 1.807) is 13.8 Å². The molecule has 0 spiro atoms. The number of nitrogens with two attached hydrogens (primary N) is 1. The highest BCUT2D eigenvalue weighted by Gasteiger charge is 2.24. The van der Waals surface area contributed by atoms with Crippen molar-refractivity contribution in [3.05, 3.63) is 18.3 Å². The van der Waals surface area contributed by atoms with E-state index < -0.39 is 10.0 Å². The van der Waals surface area contributed by atoms with E-state index in [0.717, 1.165) is 0 Å². The lowest BCUT2D eigenvalue weighted by atomic mass is 10.2. The van der Waals surface area contributed by atoms with E-state index in [9.17, 15) is 8.42 Å². The van der Waals surface area contributed by atoms with E-state index in [0.29, 0.717) is 12.4 Å². The zero-order valence-corrected chi connectivity index (χ0v) is 11.7. The molecular formula is C11H17N5O2S. The van der Waals surface area contributed by atoms with Gasteiger partial charge in [-0.3, -0.25) is 0 Å². The maximum atomic E-state index is 12.3. The van der Waals surface area contributed by atoms with Crippen LogP contribution in [0.15, 0.2) is 23.2 Å². The summed E-state index contributed by atoms with van der Waals surface area (Å²) in [5.41, 5.74) is 2.33. The fourth-order valence-electron chi connectivity index (χ4n) is 1.51. The first-order valence-electron chi connectivity index (χ1n) is 5.78. The molecule has 1 heterocycles. The van der Waals surface area contributed by atoms with Gasteiger partial charge in [0.15, 0.2) is 0 Å². The van der Waals surface area contributed by atoms with Gasteiger partial charge in [-0.05, 0) is 19.1 Å². The maximum Gasteiger partial charge on any atom is 0.244 e. The van der Waals surface area contributed by atoms with Crippen LogP contribution in [0.4, 0.5) is 5.82 Å². The first-order chi connectivity index (χ1) is 8.95. The second-order valence-electron chi connectivity index (χ2n) is 4.01. The fourth-order valence-corrected chi connectivity index (χ4v) is 2.99. The predicted octanol–water partition coefficient (Wildman–Crippen LogP) is 0.537. The zero-order valence-electron chi connectivity index (χ0n) is 10.9. The molecule has 0 radical (unpaired) electrons. The summed E-state index contributed by atoms with van der Waals surface area (Å²) in [6, 6.07) is 4.93. The number of nitrogens with zero attached hydrogens (tertiary/aromatic N) is 3. The van der Waals surface area contributed by atoms with Crippen molar-refractivity contribution in [2.45, 2.75) is 18.7 Å². The largest absolute Gasteiger partial charge is 0.308 e. The molecule has 0 aliphatic carbocycles. The van der Waals surface area contributed by atoms with Gasteiger partial charge in [0.25, 0.3) is 0 Å². The van der Waals surface area contributed by atoms with E-state index in [4.69, 9.17) is 11.1 Å². The molecule has 8 heteroatoms. The molecule has 7 nitrogen and oxygen atoms in total. The summed E-state index contributed by atoms with van der Waals surface area (Å²) in [5, 5.41) is 8.78. The Kier molecular flexibility index (Phi) is 5.23. The monoisotopic (exact) mass is 283 g/mol. The quantitative estimate of drug-likeness (QED) is 0.582. The number of nitrogen functional groups attached to an aromatic ring is 1. The number of hydrazine groups is 1. The van der Waals surface area contributed by atoms with Gasteiger partial charge >= 0.3 is 0 Å². The zero-order chi connectivity index (χ0) is 14.5. The minimum absolute atomic E-state index is 0.0819. The topological polar surface area (TPSA) is 112 Å². The highest BCUT2D eigenvalue weighted by molar-refractivity contribution is 7.89. The lowest BCUT2D eigenvalue weighted by Gasteiger charge is -2.21. The van der Waals surface area contributed by atoms with E-state index >= 15 is 0 Å². The van der Waals surface area contributed by atoms with Crippen molar-refractivity contribution >= 4 is 15.8 Å². The predicted molar refractivity (Wildman–Crippen MR) is 71.3 cm³/mol. The van der Waals surface area contributed by atoms with Gasteiger partial charge in [0, 0.05) is 19.3 Å². The summed E-state index contributed by atoms with van der Waals surface area (Å²) in [5.74, 6) is 5.18. The average Bonchev–Trinajstić information content (AvgIpc) is 2.44. The van der Waals surface area contributed by atoms with Gasteiger partial charge in [-0.25, -0.2) is 19.2 Å². The Hall–Kier alpha value is -1.69. The normalized spacial score (nSPS) is 13.0. The maximum absolute atomic E-state index is 12.3. The number of nitriles is 1. The van der Waals surface area contributed by atoms with E-state index in [-0.39, 0.29) is 17.4 Å². The van der Waals surface area contributed by atoms with Gasteiger partial charge in [-0.15, -0.1) is 0 Å². The van der Waals surface area contributed by atoms with Gasteiger partial charge in [0.05, 0.1) is 12.0 Å². The van der Waals surface area contributed by atoms with Crippen molar-refractivity contribution in [1.29, 1.82) is 5.26 Å². The molecule has 0 bridgehead atoms. The summed E-state index contributed by atoms with van der Waals surface area (Å²) < 4.78 is 25.9. The van der Waals surface area contributed by atoms with Crippen LogP contribution < -0.4 is 11.3 Å². The van der Waals surface area contributed by atoms with Crippen molar-refractivity contribution in [3.63, 3.8) is 0 Å². The third kappa shape index (κ3) is 3.64. The first kappa shape index (κ1) is 15.4. The molecule has 1 rings (SSSR count). The number of pyridine rings is 1. The molecule has 3 N–H and O–H groups in total. The molecule has 0 aromatic carbocycles. The van der Waals surface area contributed by atoms with Crippen LogP contribution >= 0.6 is 0 Å². The third-order valence-corrected chi connectivity index (χ3v) is 4.50. The molecule has 1 aromatic heterocycles. The van der Waals surface area contributed by atoms with Gasteiger partial charge < -0.3 is 5.43 Å². The number of anilines is 1. The molecule has 19 heavy (non-hydrogen) atoms. The van der Waals surface area contributed by atoms with Crippen molar-refractivity contribution in [2.75, 3.05) is 18.5 Å². The molecule has 0 amide bonds. The van der Waals surface area contributed by atoms with Gasteiger partial charge in [-0.2, -0.15) is 9.57 Å². The molecule has 0 saturated carbocycles. The van der Waals surface area contributed by atoms with Gasteiger partial charge in [0.1, 0.15) is 10.7 Å². The summed E-state index contributed by atoms with van der Waals surface area (Å²) in [7, 11) is -3.63. The van der Waals surface area contributed by atoms with Crippen LogP contribution in [0.2, 0.25) is 0 Å². The molecule has 1 unspecified atom stereocenters. The van der Waals surface area contributed by atoms with E-state index in [2.05, 4.69) is 10.4 Å². The van der Waals surface area contributed by atoms with Crippen LogP contribution in [0.1, 0.15) is 13.8 Å². The third-order valence-electron chi connectivity index (χ3n) is 2.57.